The number of ether oxygens (including phenoxy) is 2. The predicted octanol–water partition coefficient (Wildman–Crippen LogP) is 1.51. The van der Waals surface area contributed by atoms with E-state index in [4.69, 9.17) is 9.47 Å². The fourth-order valence-corrected chi connectivity index (χ4v) is 4.51. The molecule has 2 aliphatic rings. The highest BCUT2D eigenvalue weighted by Crippen LogP contribution is 2.52. The third-order valence-corrected chi connectivity index (χ3v) is 5.44. The SMILES string of the molecule is COc1ccc([C@@]23CCCC(O)(O)C2N(C)CC3)cc1OC. The van der Waals surface area contributed by atoms with Crippen LogP contribution in [-0.4, -0.2) is 54.8 Å². The molecule has 0 spiro atoms. The molecule has 1 aliphatic carbocycles. The van der Waals surface area contributed by atoms with E-state index in [9.17, 15) is 10.2 Å². The van der Waals surface area contributed by atoms with Gasteiger partial charge in [0.25, 0.3) is 0 Å². The number of likely N-dealkylation sites (tertiary alicyclic amines) is 1. The number of benzene rings is 1. The summed E-state index contributed by atoms with van der Waals surface area (Å²) in [6.45, 7) is 0.863. The second-order valence-electron chi connectivity index (χ2n) is 6.59. The van der Waals surface area contributed by atoms with Crippen LogP contribution < -0.4 is 9.47 Å². The van der Waals surface area contributed by atoms with E-state index in [1.54, 1.807) is 14.2 Å². The van der Waals surface area contributed by atoms with E-state index >= 15 is 0 Å². The molecule has 1 saturated heterocycles. The van der Waals surface area contributed by atoms with Crippen molar-refractivity contribution in [3.05, 3.63) is 23.8 Å². The van der Waals surface area contributed by atoms with Crippen LogP contribution in [0.15, 0.2) is 18.2 Å². The molecule has 1 aliphatic heterocycles. The summed E-state index contributed by atoms with van der Waals surface area (Å²) in [6.07, 6.45) is 3.12. The molecule has 0 amide bonds. The number of likely N-dealkylation sites (N-methyl/N-ethyl adjacent to an activating group) is 1. The minimum absolute atomic E-state index is 0.240. The molecule has 2 fully saturated rings. The Balaban J connectivity index is 2.08. The monoisotopic (exact) mass is 307 g/mol. The second kappa shape index (κ2) is 5.41. The topological polar surface area (TPSA) is 62.2 Å². The first-order chi connectivity index (χ1) is 10.4. The Morgan fingerprint density at radius 3 is 2.50 bits per heavy atom. The van der Waals surface area contributed by atoms with Gasteiger partial charge < -0.3 is 19.7 Å². The van der Waals surface area contributed by atoms with Crippen LogP contribution in [0.4, 0.5) is 0 Å². The number of nitrogens with zero attached hydrogens (tertiary/aromatic N) is 1. The minimum atomic E-state index is -1.64. The molecule has 0 radical (unpaired) electrons. The molecule has 1 aromatic rings. The third kappa shape index (κ3) is 2.19. The van der Waals surface area contributed by atoms with Crippen molar-refractivity contribution in [1.29, 1.82) is 0 Å². The number of hydrogen-bond acceptors (Lipinski definition) is 5. The van der Waals surface area contributed by atoms with Gasteiger partial charge in [-0.2, -0.15) is 0 Å². The number of hydrogen-bond donors (Lipinski definition) is 2. The smallest absolute Gasteiger partial charge is 0.179 e. The van der Waals surface area contributed by atoms with Crippen molar-refractivity contribution in [3.8, 4) is 11.5 Å². The van der Waals surface area contributed by atoms with Crippen LogP contribution in [0.2, 0.25) is 0 Å². The average molecular weight is 307 g/mol. The van der Waals surface area contributed by atoms with E-state index in [-0.39, 0.29) is 11.5 Å². The van der Waals surface area contributed by atoms with Crippen molar-refractivity contribution in [2.75, 3.05) is 27.8 Å². The summed E-state index contributed by atoms with van der Waals surface area (Å²) in [4.78, 5) is 2.08. The van der Waals surface area contributed by atoms with Gasteiger partial charge in [-0.25, -0.2) is 0 Å². The Morgan fingerprint density at radius 2 is 1.82 bits per heavy atom. The molecule has 2 atom stereocenters. The molecule has 1 heterocycles. The van der Waals surface area contributed by atoms with Gasteiger partial charge in [0.05, 0.1) is 20.3 Å². The lowest BCUT2D eigenvalue weighted by Gasteiger charge is -2.48. The Labute approximate surface area is 131 Å². The van der Waals surface area contributed by atoms with Crippen LogP contribution in [0, 0.1) is 0 Å². The summed E-state index contributed by atoms with van der Waals surface area (Å²) in [6, 6.07) is 5.65. The molecular weight excluding hydrogens is 282 g/mol. The van der Waals surface area contributed by atoms with E-state index in [1.807, 2.05) is 25.2 Å². The molecule has 0 bridgehead atoms. The maximum Gasteiger partial charge on any atom is 0.179 e. The normalized spacial score (nSPS) is 30.9. The predicted molar refractivity (Wildman–Crippen MR) is 83.3 cm³/mol. The zero-order chi connectivity index (χ0) is 16.0. The van der Waals surface area contributed by atoms with E-state index in [1.165, 1.54) is 0 Å². The first-order valence-corrected chi connectivity index (χ1v) is 7.82. The van der Waals surface area contributed by atoms with Gasteiger partial charge in [0.1, 0.15) is 0 Å². The fourth-order valence-electron chi connectivity index (χ4n) is 4.51. The van der Waals surface area contributed by atoms with Crippen LogP contribution >= 0.6 is 0 Å². The van der Waals surface area contributed by atoms with E-state index in [0.717, 1.165) is 31.4 Å². The van der Waals surface area contributed by atoms with E-state index in [0.29, 0.717) is 17.9 Å². The third-order valence-electron chi connectivity index (χ3n) is 5.44. The number of fused-ring (bicyclic) bond motifs is 1. The zero-order valence-corrected chi connectivity index (χ0v) is 13.5. The number of aliphatic hydroxyl groups is 2. The van der Waals surface area contributed by atoms with Gasteiger partial charge in [-0.15, -0.1) is 0 Å². The van der Waals surface area contributed by atoms with Crippen LogP contribution in [0.1, 0.15) is 31.2 Å². The van der Waals surface area contributed by atoms with Crippen molar-refractivity contribution in [2.45, 2.75) is 42.9 Å². The van der Waals surface area contributed by atoms with Gasteiger partial charge in [-0.1, -0.05) is 6.07 Å². The first-order valence-electron chi connectivity index (χ1n) is 7.82. The minimum Gasteiger partial charge on any atom is -0.493 e. The van der Waals surface area contributed by atoms with Crippen molar-refractivity contribution < 1.29 is 19.7 Å². The summed E-state index contributed by atoms with van der Waals surface area (Å²) < 4.78 is 10.7. The lowest BCUT2D eigenvalue weighted by Crippen LogP contribution is -2.60. The lowest BCUT2D eigenvalue weighted by molar-refractivity contribution is -0.226. The summed E-state index contributed by atoms with van der Waals surface area (Å²) in [5.74, 6) is -0.258. The summed E-state index contributed by atoms with van der Waals surface area (Å²) in [5, 5.41) is 21.1. The molecule has 0 aromatic heterocycles. The molecule has 22 heavy (non-hydrogen) atoms. The Hall–Kier alpha value is -1.30. The van der Waals surface area contributed by atoms with Crippen molar-refractivity contribution in [2.24, 2.45) is 0 Å². The van der Waals surface area contributed by atoms with Gasteiger partial charge in [0, 0.05) is 11.8 Å². The molecular formula is C17H25NO4. The van der Waals surface area contributed by atoms with Gasteiger partial charge in [0.2, 0.25) is 0 Å². The van der Waals surface area contributed by atoms with E-state index < -0.39 is 5.79 Å². The molecule has 5 nitrogen and oxygen atoms in total. The molecule has 122 valence electrons. The molecule has 1 aromatic carbocycles. The fraction of sp³-hybridized carbons (Fsp3) is 0.647. The number of methoxy groups -OCH3 is 2. The summed E-state index contributed by atoms with van der Waals surface area (Å²) in [7, 11) is 5.22. The Kier molecular flexibility index (Phi) is 3.83. The lowest BCUT2D eigenvalue weighted by atomic mass is 9.64. The highest BCUT2D eigenvalue weighted by atomic mass is 16.5. The highest BCUT2D eigenvalue weighted by molar-refractivity contribution is 5.46. The largest absolute Gasteiger partial charge is 0.493 e. The molecule has 2 N–H and O–H groups in total. The van der Waals surface area contributed by atoms with Gasteiger partial charge in [-0.05, 0) is 50.6 Å². The number of rotatable bonds is 3. The molecule has 1 saturated carbocycles. The second-order valence-corrected chi connectivity index (χ2v) is 6.59. The van der Waals surface area contributed by atoms with Crippen LogP contribution in [0.25, 0.3) is 0 Å². The van der Waals surface area contributed by atoms with Crippen LogP contribution in [-0.2, 0) is 5.41 Å². The van der Waals surface area contributed by atoms with E-state index in [2.05, 4.69) is 4.90 Å². The van der Waals surface area contributed by atoms with Gasteiger partial charge in [0.15, 0.2) is 17.3 Å². The average Bonchev–Trinajstić information content (AvgIpc) is 2.86. The van der Waals surface area contributed by atoms with Gasteiger partial charge in [-0.3, -0.25) is 4.90 Å². The summed E-state index contributed by atoms with van der Waals surface area (Å²) in [5.41, 5.74) is 0.863. The maximum absolute atomic E-state index is 10.5. The van der Waals surface area contributed by atoms with Gasteiger partial charge >= 0.3 is 0 Å². The molecule has 1 unspecified atom stereocenters. The Morgan fingerprint density at radius 1 is 1.09 bits per heavy atom. The molecule has 5 heteroatoms. The first kappa shape index (κ1) is 15.6. The standard InChI is InChI=1S/C17H25NO4/c1-18-10-9-16(7-4-8-17(19,20)15(16)18)12-5-6-13(21-2)14(11-12)22-3/h5-6,11,15,19-20H,4,7-10H2,1-3H3/t15?,16-/m0/s1. The molecule has 3 rings (SSSR count). The maximum atomic E-state index is 10.5. The van der Waals surface area contributed by atoms with Crippen molar-refractivity contribution in [3.63, 3.8) is 0 Å². The Bertz CT molecular complexity index is 556. The highest BCUT2D eigenvalue weighted by Gasteiger charge is 2.58. The van der Waals surface area contributed by atoms with Crippen LogP contribution in [0.3, 0.4) is 0 Å². The van der Waals surface area contributed by atoms with Crippen molar-refractivity contribution in [1.82, 2.24) is 4.90 Å². The summed E-state index contributed by atoms with van der Waals surface area (Å²) >= 11 is 0. The zero-order valence-electron chi connectivity index (χ0n) is 13.5. The van der Waals surface area contributed by atoms with Crippen LogP contribution in [0.5, 0.6) is 11.5 Å². The van der Waals surface area contributed by atoms with Crippen molar-refractivity contribution >= 4 is 0 Å². The quantitative estimate of drug-likeness (QED) is 0.829.